The maximum absolute atomic E-state index is 5.45. The molecule has 0 radical (unpaired) electrons. The zero-order valence-electron chi connectivity index (χ0n) is 14.1. The third kappa shape index (κ3) is 4.43. The van der Waals surface area contributed by atoms with Gasteiger partial charge in [0, 0.05) is 37.6 Å². The second-order valence-corrected chi connectivity index (χ2v) is 6.80. The van der Waals surface area contributed by atoms with Crippen molar-refractivity contribution >= 4 is 0 Å². The van der Waals surface area contributed by atoms with Crippen LogP contribution in [0, 0.1) is 5.92 Å². The molecule has 1 N–H and O–H groups in total. The summed E-state index contributed by atoms with van der Waals surface area (Å²) in [5.74, 6) is 1.62. The smallest absolute Gasteiger partial charge is 0.117 e. The average molecular weight is 313 g/mol. The van der Waals surface area contributed by atoms with Gasteiger partial charge in [0.05, 0.1) is 12.8 Å². The minimum Gasteiger partial charge on any atom is -0.468 e. The standard InChI is InChI=1S/C19H27N3O/c1-15(2)19(16-5-3-9-20-13-16)21-17-7-10-22(11-8-17)14-18-6-4-12-23-18/h3-6,9,12-13,15,17,19,21H,7-8,10-11,14H2,1-2H3/t19-/m1/s1. The van der Waals surface area contributed by atoms with Gasteiger partial charge < -0.3 is 9.73 Å². The van der Waals surface area contributed by atoms with Crippen LogP contribution in [0.2, 0.25) is 0 Å². The quantitative estimate of drug-likeness (QED) is 0.884. The van der Waals surface area contributed by atoms with Crippen molar-refractivity contribution in [3.63, 3.8) is 0 Å². The fourth-order valence-electron chi connectivity index (χ4n) is 3.37. The fraction of sp³-hybridized carbons (Fsp3) is 0.526. The molecule has 23 heavy (non-hydrogen) atoms. The van der Waals surface area contributed by atoms with Crippen LogP contribution in [0.3, 0.4) is 0 Å². The van der Waals surface area contributed by atoms with Crippen molar-refractivity contribution in [2.45, 2.75) is 45.3 Å². The predicted molar refractivity (Wildman–Crippen MR) is 92.0 cm³/mol. The molecular formula is C19H27N3O. The van der Waals surface area contributed by atoms with E-state index in [1.54, 1.807) is 6.26 Å². The van der Waals surface area contributed by atoms with Gasteiger partial charge in [-0.1, -0.05) is 19.9 Å². The fourth-order valence-corrected chi connectivity index (χ4v) is 3.37. The van der Waals surface area contributed by atoms with E-state index in [0.717, 1.165) is 25.4 Å². The van der Waals surface area contributed by atoms with Gasteiger partial charge in [-0.05, 0) is 42.5 Å². The lowest BCUT2D eigenvalue weighted by molar-refractivity contribution is 0.168. The van der Waals surface area contributed by atoms with Gasteiger partial charge >= 0.3 is 0 Å². The number of hydrogen-bond donors (Lipinski definition) is 1. The Balaban J connectivity index is 1.52. The van der Waals surface area contributed by atoms with Gasteiger partial charge in [0.25, 0.3) is 0 Å². The lowest BCUT2D eigenvalue weighted by Gasteiger charge is -2.35. The molecule has 4 heteroatoms. The SMILES string of the molecule is CC(C)[C@@H](NC1CCN(Cc2ccco2)CC1)c1cccnc1. The molecule has 2 aromatic heterocycles. The zero-order valence-corrected chi connectivity index (χ0v) is 14.1. The number of nitrogens with zero attached hydrogens (tertiary/aromatic N) is 2. The predicted octanol–water partition coefficient (Wildman–Crippen LogP) is 3.63. The van der Waals surface area contributed by atoms with Crippen molar-refractivity contribution < 1.29 is 4.42 Å². The zero-order chi connectivity index (χ0) is 16.1. The minimum absolute atomic E-state index is 0.380. The van der Waals surface area contributed by atoms with Crippen molar-refractivity contribution in [2.75, 3.05) is 13.1 Å². The Labute approximate surface area is 138 Å². The van der Waals surface area contributed by atoms with E-state index in [0.29, 0.717) is 18.0 Å². The highest BCUT2D eigenvalue weighted by molar-refractivity contribution is 5.15. The second-order valence-electron chi connectivity index (χ2n) is 6.80. The molecule has 3 rings (SSSR count). The highest BCUT2D eigenvalue weighted by atomic mass is 16.3. The molecule has 0 unspecified atom stereocenters. The van der Waals surface area contributed by atoms with E-state index in [2.05, 4.69) is 41.2 Å². The molecule has 1 saturated heterocycles. The lowest BCUT2D eigenvalue weighted by Crippen LogP contribution is -2.44. The third-order valence-corrected chi connectivity index (χ3v) is 4.67. The molecule has 0 bridgehead atoms. The number of hydrogen-bond acceptors (Lipinski definition) is 4. The van der Waals surface area contributed by atoms with Crippen LogP contribution < -0.4 is 5.32 Å². The first-order chi connectivity index (χ1) is 11.2. The molecule has 0 aliphatic carbocycles. The molecule has 0 saturated carbocycles. The Morgan fingerprint density at radius 1 is 1.26 bits per heavy atom. The normalized spacial score (nSPS) is 18.4. The summed E-state index contributed by atoms with van der Waals surface area (Å²) in [7, 11) is 0. The summed E-state index contributed by atoms with van der Waals surface area (Å²) in [6.45, 7) is 7.72. The van der Waals surface area contributed by atoms with Crippen molar-refractivity contribution in [3.05, 3.63) is 54.2 Å². The van der Waals surface area contributed by atoms with Crippen LogP contribution >= 0.6 is 0 Å². The van der Waals surface area contributed by atoms with Gasteiger partial charge in [-0.15, -0.1) is 0 Å². The number of pyridine rings is 1. The van der Waals surface area contributed by atoms with E-state index in [9.17, 15) is 0 Å². The minimum atomic E-state index is 0.380. The summed E-state index contributed by atoms with van der Waals surface area (Å²) in [5.41, 5.74) is 1.29. The summed E-state index contributed by atoms with van der Waals surface area (Å²) in [4.78, 5) is 6.75. The van der Waals surface area contributed by atoms with Crippen LogP contribution in [-0.2, 0) is 6.54 Å². The van der Waals surface area contributed by atoms with Gasteiger partial charge in [0.2, 0.25) is 0 Å². The summed E-state index contributed by atoms with van der Waals surface area (Å²) in [6, 6.07) is 9.18. The first-order valence-electron chi connectivity index (χ1n) is 8.63. The van der Waals surface area contributed by atoms with Crippen molar-refractivity contribution in [1.82, 2.24) is 15.2 Å². The van der Waals surface area contributed by atoms with E-state index in [-0.39, 0.29) is 0 Å². The number of furan rings is 1. The molecule has 4 nitrogen and oxygen atoms in total. The maximum Gasteiger partial charge on any atom is 0.117 e. The number of likely N-dealkylation sites (tertiary alicyclic amines) is 1. The van der Waals surface area contributed by atoms with Crippen LogP contribution in [0.5, 0.6) is 0 Å². The third-order valence-electron chi connectivity index (χ3n) is 4.67. The largest absolute Gasteiger partial charge is 0.468 e. The van der Waals surface area contributed by atoms with Crippen LogP contribution in [0.1, 0.15) is 44.1 Å². The summed E-state index contributed by atoms with van der Waals surface area (Å²) >= 11 is 0. The van der Waals surface area contributed by atoms with Crippen molar-refractivity contribution in [3.8, 4) is 0 Å². The number of aromatic nitrogens is 1. The van der Waals surface area contributed by atoms with E-state index < -0.39 is 0 Å². The van der Waals surface area contributed by atoms with Crippen LogP contribution in [0.15, 0.2) is 47.3 Å². The van der Waals surface area contributed by atoms with Gasteiger partial charge in [-0.3, -0.25) is 9.88 Å². The summed E-state index contributed by atoms with van der Waals surface area (Å²) in [6.07, 6.45) is 7.96. The Kier molecular flexibility index (Phi) is 5.47. The maximum atomic E-state index is 5.45. The number of piperidine rings is 1. The van der Waals surface area contributed by atoms with Gasteiger partial charge in [0.15, 0.2) is 0 Å². The molecule has 0 amide bonds. The Morgan fingerprint density at radius 3 is 2.70 bits per heavy atom. The van der Waals surface area contributed by atoms with Gasteiger partial charge in [-0.25, -0.2) is 0 Å². The topological polar surface area (TPSA) is 41.3 Å². The number of rotatable bonds is 6. The second kappa shape index (κ2) is 7.75. The van der Waals surface area contributed by atoms with Gasteiger partial charge in [0.1, 0.15) is 5.76 Å². The lowest BCUT2D eigenvalue weighted by atomic mass is 9.94. The molecule has 2 aromatic rings. The number of nitrogens with one attached hydrogen (secondary N) is 1. The van der Waals surface area contributed by atoms with E-state index in [1.165, 1.54) is 18.4 Å². The van der Waals surface area contributed by atoms with Crippen molar-refractivity contribution in [2.24, 2.45) is 5.92 Å². The Bertz CT molecular complexity index is 560. The van der Waals surface area contributed by atoms with E-state index >= 15 is 0 Å². The van der Waals surface area contributed by atoms with E-state index in [1.807, 2.05) is 24.5 Å². The molecule has 0 spiro atoms. The molecule has 124 valence electrons. The van der Waals surface area contributed by atoms with Gasteiger partial charge in [-0.2, -0.15) is 0 Å². The summed E-state index contributed by atoms with van der Waals surface area (Å²) in [5, 5.41) is 3.86. The van der Waals surface area contributed by atoms with Crippen LogP contribution in [0.4, 0.5) is 0 Å². The monoisotopic (exact) mass is 313 g/mol. The average Bonchev–Trinajstić information content (AvgIpc) is 3.07. The first kappa shape index (κ1) is 16.2. The molecule has 1 aliphatic heterocycles. The Hall–Kier alpha value is -1.65. The first-order valence-corrected chi connectivity index (χ1v) is 8.63. The molecule has 3 heterocycles. The highest BCUT2D eigenvalue weighted by Gasteiger charge is 2.24. The Morgan fingerprint density at radius 2 is 2.09 bits per heavy atom. The molecule has 1 aliphatic rings. The van der Waals surface area contributed by atoms with Crippen LogP contribution in [0.25, 0.3) is 0 Å². The molecule has 1 fully saturated rings. The molecular weight excluding hydrogens is 286 g/mol. The van der Waals surface area contributed by atoms with E-state index in [4.69, 9.17) is 4.42 Å². The van der Waals surface area contributed by atoms with Crippen LogP contribution in [-0.4, -0.2) is 29.0 Å². The van der Waals surface area contributed by atoms with Crippen molar-refractivity contribution in [1.29, 1.82) is 0 Å². The summed E-state index contributed by atoms with van der Waals surface area (Å²) < 4.78 is 5.45. The molecule has 0 aromatic carbocycles. The molecule has 1 atom stereocenters. The highest BCUT2D eigenvalue weighted by Crippen LogP contribution is 2.24.